The van der Waals surface area contributed by atoms with E-state index in [0.717, 1.165) is 56.1 Å². The lowest BCUT2D eigenvalue weighted by atomic mass is 10.0. The van der Waals surface area contributed by atoms with Crippen molar-refractivity contribution in [3.63, 3.8) is 0 Å². The molecule has 0 amide bonds. The first kappa shape index (κ1) is 28.3. The highest BCUT2D eigenvalue weighted by Crippen LogP contribution is 2.41. The van der Waals surface area contributed by atoms with Gasteiger partial charge in [-0.25, -0.2) is 18.4 Å². The zero-order valence-corrected chi connectivity index (χ0v) is 23.9. The van der Waals surface area contributed by atoms with Crippen LogP contribution in [-0.4, -0.2) is 19.3 Å². The Labute approximate surface area is 253 Å². The zero-order chi connectivity index (χ0) is 31.5. The Morgan fingerprint density at radius 3 is 2.16 bits per heavy atom. The van der Waals surface area contributed by atoms with Crippen molar-refractivity contribution < 1.29 is 26.7 Å². The van der Waals surface area contributed by atoms with Crippen molar-refractivity contribution >= 4 is 21.8 Å². The predicted molar refractivity (Wildman–Crippen MR) is 162 cm³/mol. The van der Waals surface area contributed by atoms with Gasteiger partial charge in [0.1, 0.15) is 29.0 Å². The number of hydrogen-bond acceptors (Lipinski definition) is 3. The lowest BCUT2D eigenvalue weighted by molar-refractivity contribution is -0.140. The molecule has 0 saturated heterocycles. The van der Waals surface area contributed by atoms with Gasteiger partial charge in [0, 0.05) is 40.4 Å². The van der Waals surface area contributed by atoms with Crippen molar-refractivity contribution in [1.29, 1.82) is 0 Å². The maximum atomic E-state index is 14.7. The van der Waals surface area contributed by atoms with Crippen LogP contribution in [0.3, 0.4) is 0 Å². The number of ether oxygens (including phenoxy) is 1. The summed E-state index contributed by atoms with van der Waals surface area (Å²) in [4.78, 5) is 4.59. The summed E-state index contributed by atoms with van der Waals surface area (Å²) in [7, 11) is 0. The summed E-state index contributed by atoms with van der Waals surface area (Å²) < 4.78 is 80.9. The molecule has 3 aromatic heterocycles. The molecule has 0 aliphatic carbocycles. The number of benzene rings is 4. The number of pyridine rings is 1. The van der Waals surface area contributed by atoms with E-state index >= 15 is 0 Å². The normalized spacial score (nSPS) is 11.9. The summed E-state index contributed by atoms with van der Waals surface area (Å²) in [6.45, 7) is 3.33. The molecular weight excluding hydrogens is 587 g/mol. The highest BCUT2D eigenvalue weighted by molar-refractivity contribution is 6.09. The van der Waals surface area contributed by atoms with E-state index in [9.17, 15) is 22.0 Å². The van der Waals surface area contributed by atoms with Crippen molar-refractivity contribution in [2.24, 2.45) is 0 Å². The Bertz CT molecular complexity index is 2230. The molecule has 7 aromatic rings. The third kappa shape index (κ3) is 4.88. The van der Waals surface area contributed by atoms with Gasteiger partial charge in [-0.1, -0.05) is 30.3 Å². The van der Waals surface area contributed by atoms with Gasteiger partial charge in [-0.3, -0.25) is 4.57 Å². The molecule has 5 nitrogen and oxygen atoms in total. The van der Waals surface area contributed by atoms with Gasteiger partial charge in [0.2, 0.25) is 0 Å². The third-order valence-corrected chi connectivity index (χ3v) is 7.67. The average Bonchev–Trinajstić information content (AvgIpc) is 3.52. The molecule has 7 rings (SSSR count). The number of halogens is 5. The van der Waals surface area contributed by atoms with Crippen LogP contribution < -0.4 is 4.74 Å². The highest BCUT2D eigenvalue weighted by atomic mass is 19.4. The van der Waals surface area contributed by atoms with Gasteiger partial charge in [0.05, 0.1) is 22.3 Å². The summed E-state index contributed by atoms with van der Waals surface area (Å²) in [5.74, 6) is -0.677. The molecule has 0 fully saturated rings. The molecule has 0 unspecified atom stereocenters. The largest absolute Gasteiger partial charge is 0.457 e. The molecule has 0 bridgehead atoms. The number of aryl methyl sites for hydroxylation is 1. The van der Waals surface area contributed by atoms with Crippen LogP contribution in [-0.2, 0) is 6.18 Å². The maximum Gasteiger partial charge on any atom is 0.435 e. The molecule has 0 N–H and O–H groups in total. The van der Waals surface area contributed by atoms with Crippen molar-refractivity contribution in [3.05, 3.63) is 132 Å². The average molecular weight is 611 g/mol. The Morgan fingerprint density at radius 1 is 0.689 bits per heavy atom. The van der Waals surface area contributed by atoms with Gasteiger partial charge in [0.15, 0.2) is 5.69 Å². The number of fused-ring (bicyclic) bond motifs is 3. The van der Waals surface area contributed by atoms with Crippen molar-refractivity contribution in [2.75, 3.05) is 0 Å². The third-order valence-electron chi connectivity index (χ3n) is 7.67. The fraction of sp³-hybridized carbons (Fsp3) is 0.0857. The molecule has 0 aliphatic heterocycles. The number of rotatable bonds is 5. The van der Waals surface area contributed by atoms with Gasteiger partial charge in [0.25, 0.3) is 0 Å². The van der Waals surface area contributed by atoms with E-state index in [2.05, 4.69) is 14.6 Å². The molecule has 0 saturated carbocycles. The fourth-order valence-corrected chi connectivity index (χ4v) is 5.71. The van der Waals surface area contributed by atoms with Gasteiger partial charge in [-0.05, 0) is 74.0 Å². The van der Waals surface area contributed by atoms with E-state index < -0.39 is 34.6 Å². The van der Waals surface area contributed by atoms with Crippen molar-refractivity contribution in [2.45, 2.75) is 20.0 Å². The van der Waals surface area contributed by atoms with E-state index in [-0.39, 0.29) is 11.4 Å². The second kappa shape index (κ2) is 10.6. The summed E-state index contributed by atoms with van der Waals surface area (Å²) >= 11 is 0. The van der Waals surface area contributed by atoms with E-state index in [0.29, 0.717) is 11.5 Å². The van der Waals surface area contributed by atoms with Crippen LogP contribution in [0, 0.1) is 25.5 Å². The Hall–Kier alpha value is -5.51. The molecule has 45 heavy (non-hydrogen) atoms. The smallest absolute Gasteiger partial charge is 0.435 e. The highest BCUT2D eigenvalue weighted by Gasteiger charge is 2.40. The molecular formula is C35H23F5N4O. The minimum absolute atomic E-state index is 0.0833. The van der Waals surface area contributed by atoms with Crippen LogP contribution in [0.4, 0.5) is 22.0 Å². The van der Waals surface area contributed by atoms with E-state index in [1.807, 2.05) is 61.5 Å². The van der Waals surface area contributed by atoms with E-state index in [1.165, 1.54) is 13.0 Å². The molecule has 0 spiro atoms. The van der Waals surface area contributed by atoms with Crippen LogP contribution >= 0.6 is 0 Å². The second-order valence-corrected chi connectivity index (χ2v) is 10.6. The first-order chi connectivity index (χ1) is 21.6. The molecule has 224 valence electrons. The van der Waals surface area contributed by atoms with Crippen LogP contribution in [0.15, 0.2) is 103 Å². The van der Waals surface area contributed by atoms with Crippen molar-refractivity contribution in [1.82, 2.24) is 19.3 Å². The minimum Gasteiger partial charge on any atom is -0.457 e. The topological polar surface area (TPSA) is 44.9 Å². The fourth-order valence-electron chi connectivity index (χ4n) is 5.71. The van der Waals surface area contributed by atoms with Gasteiger partial charge in [-0.2, -0.15) is 18.3 Å². The molecule has 0 radical (unpaired) electrons. The molecule has 0 atom stereocenters. The monoisotopic (exact) mass is 610 g/mol. The first-order valence-corrected chi connectivity index (χ1v) is 14.0. The van der Waals surface area contributed by atoms with Crippen molar-refractivity contribution in [3.8, 4) is 34.1 Å². The zero-order valence-electron chi connectivity index (χ0n) is 23.9. The number of nitrogens with zero attached hydrogens (tertiary/aromatic N) is 4. The molecule has 4 aromatic carbocycles. The van der Waals surface area contributed by atoms with Gasteiger partial charge >= 0.3 is 6.18 Å². The Kier molecular flexibility index (Phi) is 6.65. The van der Waals surface area contributed by atoms with Crippen LogP contribution in [0.2, 0.25) is 0 Å². The summed E-state index contributed by atoms with van der Waals surface area (Å²) in [6, 6.07) is 26.8. The quantitative estimate of drug-likeness (QED) is 0.182. The van der Waals surface area contributed by atoms with Crippen LogP contribution in [0.1, 0.15) is 17.0 Å². The number of alkyl halides is 3. The Morgan fingerprint density at radius 2 is 1.40 bits per heavy atom. The lowest BCUT2D eigenvalue weighted by Crippen LogP contribution is -2.09. The second-order valence-electron chi connectivity index (χ2n) is 10.6. The molecule has 3 heterocycles. The minimum atomic E-state index is -4.96. The molecule has 10 heteroatoms. The van der Waals surface area contributed by atoms with Crippen LogP contribution in [0.5, 0.6) is 11.5 Å². The van der Waals surface area contributed by atoms with Gasteiger partial charge < -0.3 is 4.74 Å². The van der Waals surface area contributed by atoms with Crippen LogP contribution in [0.25, 0.3) is 44.4 Å². The number of hydrogen-bond donors (Lipinski definition) is 0. The SMILES string of the molecule is Cc1ccnc(-n2c3ccccc3c3ccc(Oc4cccc(-n5nc(C(F)(F)F)c(-c6c(F)cccc6F)c5C)c4)cc32)c1. The number of para-hydroxylation sites is 1. The number of aromatic nitrogens is 4. The summed E-state index contributed by atoms with van der Waals surface area (Å²) in [5, 5.41) is 5.81. The Balaban J connectivity index is 1.32. The van der Waals surface area contributed by atoms with E-state index in [4.69, 9.17) is 4.74 Å². The molecule has 0 aliphatic rings. The predicted octanol–water partition coefficient (Wildman–Crippen LogP) is 9.74. The summed E-state index contributed by atoms with van der Waals surface area (Å²) in [6.07, 6.45) is -3.21. The first-order valence-electron chi connectivity index (χ1n) is 14.0. The van der Waals surface area contributed by atoms with E-state index in [1.54, 1.807) is 24.4 Å². The maximum absolute atomic E-state index is 14.7. The summed E-state index contributed by atoms with van der Waals surface area (Å²) in [5.41, 5.74) is 0.189. The lowest BCUT2D eigenvalue weighted by Gasteiger charge is -2.11. The van der Waals surface area contributed by atoms with Gasteiger partial charge in [-0.15, -0.1) is 0 Å². The standard InChI is InChI=1S/C35H23F5N4O/c1-20-15-16-41-31(17-20)43-29-12-4-3-9-25(29)26-14-13-24(19-30(26)43)45-23-8-5-7-22(18-23)44-21(2)32(34(42-44)35(38,39)40)33-27(36)10-6-11-28(33)37/h3-19H,1-2H3.